The minimum absolute atomic E-state index is 0.145. The van der Waals surface area contributed by atoms with E-state index in [9.17, 15) is 4.79 Å². The van der Waals surface area contributed by atoms with Gasteiger partial charge in [-0.3, -0.25) is 9.36 Å². The van der Waals surface area contributed by atoms with E-state index in [1.54, 1.807) is 11.3 Å². The first-order chi connectivity index (χ1) is 10.3. The van der Waals surface area contributed by atoms with Crippen molar-refractivity contribution >= 4 is 21.6 Å². The first-order valence-electron chi connectivity index (χ1n) is 7.35. The van der Waals surface area contributed by atoms with Crippen LogP contribution in [0.15, 0.2) is 46.6 Å². The summed E-state index contributed by atoms with van der Waals surface area (Å²) in [6.07, 6.45) is 3.96. The summed E-state index contributed by atoms with van der Waals surface area (Å²) in [4.78, 5) is 18.3. The maximum Gasteiger partial charge on any atom is 0.262 e. The van der Waals surface area contributed by atoms with E-state index in [0.717, 1.165) is 41.7 Å². The molecule has 106 valence electrons. The lowest BCUT2D eigenvalue weighted by Gasteiger charge is -2.11. The van der Waals surface area contributed by atoms with E-state index in [1.165, 1.54) is 5.56 Å². The van der Waals surface area contributed by atoms with Crippen LogP contribution in [-0.4, -0.2) is 9.55 Å². The molecule has 1 fully saturated rings. The normalized spacial score (nSPS) is 14.7. The van der Waals surface area contributed by atoms with Crippen molar-refractivity contribution in [2.75, 3.05) is 0 Å². The topological polar surface area (TPSA) is 34.9 Å². The number of thiophene rings is 1. The Kier molecular flexibility index (Phi) is 3.11. The Hall–Kier alpha value is -1.94. The van der Waals surface area contributed by atoms with Crippen LogP contribution in [0.2, 0.25) is 0 Å². The molecule has 4 rings (SSSR count). The molecule has 2 heterocycles. The highest BCUT2D eigenvalue weighted by Crippen LogP contribution is 2.35. The van der Waals surface area contributed by atoms with Gasteiger partial charge in [0.1, 0.15) is 10.7 Å². The van der Waals surface area contributed by atoms with Crippen molar-refractivity contribution in [1.82, 2.24) is 9.55 Å². The summed E-state index contributed by atoms with van der Waals surface area (Å²) in [6.45, 7) is 0. The minimum Gasteiger partial charge on any atom is -0.293 e. The molecule has 4 heteroatoms. The van der Waals surface area contributed by atoms with Crippen LogP contribution < -0.4 is 5.56 Å². The molecule has 2 aromatic heterocycles. The maximum atomic E-state index is 12.6. The third-order valence-corrected chi connectivity index (χ3v) is 4.80. The fourth-order valence-electron chi connectivity index (χ4n) is 2.76. The predicted octanol–water partition coefficient (Wildman–Crippen LogP) is 3.58. The van der Waals surface area contributed by atoms with Gasteiger partial charge in [-0.05, 0) is 36.3 Å². The van der Waals surface area contributed by atoms with Gasteiger partial charge in [0, 0.05) is 12.5 Å². The van der Waals surface area contributed by atoms with Gasteiger partial charge in [0.2, 0.25) is 0 Å². The zero-order valence-corrected chi connectivity index (χ0v) is 12.5. The number of aryl methyl sites for hydroxylation is 2. The van der Waals surface area contributed by atoms with Gasteiger partial charge >= 0.3 is 0 Å². The lowest BCUT2D eigenvalue weighted by Crippen LogP contribution is -2.24. The average Bonchev–Trinajstić information content (AvgIpc) is 3.23. The molecule has 3 aromatic rings. The van der Waals surface area contributed by atoms with Crippen molar-refractivity contribution in [3.05, 3.63) is 63.5 Å². The fraction of sp³-hybridized carbons (Fsp3) is 0.294. The van der Waals surface area contributed by atoms with Gasteiger partial charge in [0.05, 0.1) is 5.39 Å². The number of hydrogen-bond acceptors (Lipinski definition) is 3. The number of fused-ring (bicyclic) bond motifs is 1. The molecule has 3 nitrogen and oxygen atoms in total. The van der Waals surface area contributed by atoms with Crippen LogP contribution in [0.1, 0.15) is 30.3 Å². The molecular weight excluding hydrogens is 280 g/mol. The van der Waals surface area contributed by atoms with Crippen LogP contribution in [-0.2, 0) is 12.8 Å². The van der Waals surface area contributed by atoms with Gasteiger partial charge in [0.15, 0.2) is 0 Å². The maximum absolute atomic E-state index is 12.6. The van der Waals surface area contributed by atoms with Gasteiger partial charge in [0.25, 0.3) is 5.56 Å². The molecule has 0 amide bonds. The van der Waals surface area contributed by atoms with E-state index in [0.29, 0.717) is 6.04 Å². The second kappa shape index (κ2) is 5.11. The van der Waals surface area contributed by atoms with Crippen molar-refractivity contribution in [3.63, 3.8) is 0 Å². The molecule has 21 heavy (non-hydrogen) atoms. The predicted molar refractivity (Wildman–Crippen MR) is 86.0 cm³/mol. The van der Waals surface area contributed by atoms with E-state index in [1.807, 2.05) is 22.1 Å². The van der Waals surface area contributed by atoms with Crippen LogP contribution in [0.25, 0.3) is 10.2 Å². The zero-order valence-electron chi connectivity index (χ0n) is 11.7. The molecule has 1 saturated carbocycles. The van der Waals surface area contributed by atoms with E-state index in [4.69, 9.17) is 4.98 Å². The second-order valence-corrected chi connectivity index (χ2v) is 6.45. The molecule has 0 N–H and O–H groups in total. The molecule has 0 aliphatic heterocycles. The van der Waals surface area contributed by atoms with Crippen molar-refractivity contribution in [2.24, 2.45) is 0 Å². The van der Waals surface area contributed by atoms with E-state index in [2.05, 4.69) is 24.3 Å². The monoisotopic (exact) mass is 296 g/mol. The Bertz CT molecular complexity index is 831. The molecule has 0 atom stereocenters. The van der Waals surface area contributed by atoms with E-state index < -0.39 is 0 Å². The van der Waals surface area contributed by atoms with Gasteiger partial charge in [-0.2, -0.15) is 0 Å². The van der Waals surface area contributed by atoms with Crippen LogP contribution in [0.3, 0.4) is 0 Å². The summed E-state index contributed by atoms with van der Waals surface area (Å²) >= 11 is 1.55. The Balaban J connectivity index is 1.73. The third kappa shape index (κ3) is 2.40. The highest BCUT2D eigenvalue weighted by atomic mass is 32.1. The smallest absolute Gasteiger partial charge is 0.262 e. The zero-order chi connectivity index (χ0) is 14.2. The Morgan fingerprint density at radius 3 is 2.71 bits per heavy atom. The minimum atomic E-state index is 0.145. The van der Waals surface area contributed by atoms with Gasteiger partial charge in [-0.1, -0.05) is 30.3 Å². The molecule has 1 aromatic carbocycles. The van der Waals surface area contributed by atoms with Crippen LogP contribution in [0, 0.1) is 0 Å². The second-order valence-electron chi connectivity index (χ2n) is 5.56. The standard InChI is InChI=1S/C17H16N2OS/c20-17-14-10-11-21-16(14)18-15(19(17)13-7-8-13)9-6-12-4-2-1-3-5-12/h1-5,10-11,13H,6-9H2. The Labute approximate surface area is 126 Å². The summed E-state index contributed by atoms with van der Waals surface area (Å²) in [7, 11) is 0. The van der Waals surface area contributed by atoms with Gasteiger partial charge in [-0.25, -0.2) is 4.98 Å². The van der Waals surface area contributed by atoms with Gasteiger partial charge in [-0.15, -0.1) is 11.3 Å². The summed E-state index contributed by atoms with van der Waals surface area (Å²) in [5, 5.41) is 2.73. The molecule has 0 radical (unpaired) electrons. The lowest BCUT2D eigenvalue weighted by molar-refractivity contribution is 0.635. The lowest BCUT2D eigenvalue weighted by atomic mass is 10.1. The number of hydrogen-bond donors (Lipinski definition) is 0. The summed E-state index contributed by atoms with van der Waals surface area (Å²) in [5.74, 6) is 0.946. The molecule has 0 unspecified atom stereocenters. The highest BCUT2D eigenvalue weighted by Gasteiger charge is 2.28. The van der Waals surface area contributed by atoms with Crippen LogP contribution in [0.5, 0.6) is 0 Å². The fourth-order valence-corrected chi connectivity index (χ4v) is 3.53. The van der Waals surface area contributed by atoms with Crippen molar-refractivity contribution in [3.8, 4) is 0 Å². The Morgan fingerprint density at radius 2 is 1.95 bits per heavy atom. The molecule has 1 aliphatic carbocycles. The molecule has 1 aliphatic rings. The third-order valence-electron chi connectivity index (χ3n) is 3.99. The van der Waals surface area contributed by atoms with Crippen LogP contribution in [0.4, 0.5) is 0 Å². The summed E-state index contributed by atoms with van der Waals surface area (Å²) in [5.41, 5.74) is 1.44. The van der Waals surface area contributed by atoms with Crippen molar-refractivity contribution in [2.45, 2.75) is 31.7 Å². The van der Waals surface area contributed by atoms with Crippen molar-refractivity contribution < 1.29 is 0 Å². The number of aromatic nitrogens is 2. The van der Waals surface area contributed by atoms with Crippen molar-refractivity contribution in [1.29, 1.82) is 0 Å². The quantitative estimate of drug-likeness (QED) is 0.737. The van der Waals surface area contributed by atoms with Gasteiger partial charge < -0.3 is 0 Å². The Morgan fingerprint density at radius 1 is 1.14 bits per heavy atom. The number of benzene rings is 1. The SMILES string of the molecule is O=c1c2ccsc2nc(CCc2ccccc2)n1C1CC1. The first-order valence-corrected chi connectivity index (χ1v) is 8.23. The van der Waals surface area contributed by atoms with Crippen LogP contribution >= 0.6 is 11.3 Å². The molecular formula is C17H16N2OS. The molecule has 0 spiro atoms. The first kappa shape index (κ1) is 12.8. The summed E-state index contributed by atoms with van der Waals surface area (Å²) in [6, 6.07) is 12.7. The largest absolute Gasteiger partial charge is 0.293 e. The number of nitrogens with zero attached hydrogens (tertiary/aromatic N) is 2. The average molecular weight is 296 g/mol. The number of rotatable bonds is 4. The highest BCUT2D eigenvalue weighted by molar-refractivity contribution is 7.16. The molecule has 0 saturated heterocycles. The molecule has 0 bridgehead atoms. The van der Waals surface area contributed by atoms with E-state index in [-0.39, 0.29) is 5.56 Å². The summed E-state index contributed by atoms with van der Waals surface area (Å²) < 4.78 is 1.94. The van der Waals surface area contributed by atoms with E-state index >= 15 is 0 Å².